The van der Waals surface area contributed by atoms with Crippen LogP contribution in [-0.4, -0.2) is 20.7 Å². The van der Waals surface area contributed by atoms with E-state index in [-0.39, 0.29) is 24.8 Å². The zero-order valence-electron chi connectivity index (χ0n) is 15.6. The molecule has 0 fully saturated rings. The smallest absolute Gasteiger partial charge is 0.294 e. The van der Waals surface area contributed by atoms with E-state index in [1.165, 1.54) is 23.5 Å². The summed E-state index contributed by atoms with van der Waals surface area (Å²) in [4.78, 5) is 29.6. The summed E-state index contributed by atoms with van der Waals surface area (Å²) in [7, 11) is 0. The number of hydrogen-bond donors (Lipinski definition) is 1. The van der Waals surface area contributed by atoms with Gasteiger partial charge in [-0.15, -0.1) is 11.3 Å². The molecule has 0 saturated heterocycles. The Morgan fingerprint density at radius 1 is 1.14 bits per heavy atom. The minimum absolute atomic E-state index is 0.213. The maximum atomic E-state index is 13.0. The van der Waals surface area contributed by atoms with Crippen LogP contribution in [0.2, 0.25) is 0 Å². The van der Waals surface area contributed by atoms with Crippen LogP contribution in [0.1, 0.15) is 11.3 Å². The van der Waals surface area contributed by atoms with Crippen LogP contribution in [0.25, 0.3) is 20.8 Å². The molecule has 1 N–H and O–H groups in total. The van der Waals surface area contributed by atoms with E-state index in [9.17, 15) is 14.0 Å². The second-order valence-corrected chi connectivity index (χ2v) is 7.51. The molecule has 146 valence electrons. The first kappa shape index (κ1) is 18.9. The van der Waals surface area contributed by atoms with Crippen LogP contribution >= 0.6 is 11.3 Å². The predicted molar refractivity (Wildman–Crippen MR) is 110 cm³/mol. The average molecular weight is 408 g/mol. The van der Waals surface area contributed by atoms with E-state index in [1.807, 2.05) is 30.3 Å². The maximum Gasteiger partial charge on any atom is 0.294 e. The molecule has 0 aliphatic carbocycles. The van der Waals surface area contributed by atoms with Crippen molar-refractivity contribution in [3.63, 3.8) is 0 Å². The Bertz CT molecular complexity index is 1230. The van der Waals surface area contributed by atoms with Gasteiger partial charge in [0, 0.05) is 12.1 Å². The van der Waals surface area contributed by atoms with Crippen molar-refractivity contribution in [3.8, 4) is 10.6 Å². The monoisotopic (exact) mass is 408 g/mol. The van der Waals surface area contributed by atoms with E-state index in [2.05, 4.69) is 15.4 Å². The summed E-state index contributed by atoms with van der Waals surface area (Å²) < 4.78 is 14.8. The minimum atomic E-state index is -0.402. The van der Waals surface area contributed by atoms with Gasteiger partial charge in [0.2, 0.25) is 5.91 Å². The van der Waals surface area contributed by atoms with Crippen LogP contribution in [0.5, 0.6) is 0 Å². The van der Waals surface area contributed by atoms with Gasteiger partial charge in [-0.25, -0.2) is 14.1 Å². The lowest BCUT2D eigenvalue weighted by molar-refractivity contribution is -0.122. The predicted octanol–water partition coefficient (Wildman–Crippen LogP) is 3.28. The molecule has 4 rings (SSSR count). The summed E-state index contributed by atoms with van der Waals surface area (Å²) in [6.07, 6.45) is 0. The van der Waals surface area contributed by atoms with Gasteiger partial charge in [0.05, 0.1) is 10.4 Å². The number of carbonyl (C=O) groups is 1. The fraction of sp³-hybridized carbons (Fsp3) is 0.143. The van der Waals surface area contributed by atoms with Crippen molar-refractivity contribution in [1.29, 1.82) is 0 Å². The molecule has 0 saturated carbocycles. The Morgan fingerprint density at radius 3 is 2.59 bits per heavy atom. The van der Waals surface area contributed by atoms with Crippen molar-refractivity contribution in [1.82, 2.24) is 20.1 Å². The molecule has 0 unspecified atom stereocenters. The number of carbonyl (C=O) groups excluding carboxylic acids is 1. The highest BCUT2D eigenvalue weighted by Crippen LogP contribution is 2.29. The standard InChI is InChI=1S/C21H17FN4O2S/c1-13-19-18(24-20(29-19)15-5-3-2-4-6-15)21(28)26(25-13)12-17(27)23-11-14-7-9-16(22)10-8-14/h2-10H,11-12H2,1H3,(H,23,27). The zero-order chi connectivity index (χ0) is 20.4. The molecule has 0 aliphatic heterocycles. The number of thiazole rings is 1. The van der Waals surface area contributed by atoms with Gasteiger partial charge in [-0.2, -0.15) is 5.10 Å². The number of aryl methyl sites for hydroxylation is 1. The van der Waals surface area contributed by atoms with Crippen molar-refractivity contribution in [3.05, 3.63) is 82.0 Å². The van der Waals surface area contributed by atoms with Gasteiger partial charge in [-0.3, -0.25) is 9.59 Å². The topological polar surface area (TPSA) is 76.9 Å². The highest BCUT2D eigenvalue weighted by molar-refractivity contribution is 7.21. The highest BCUT2D eigenvalue weighted by atomic mass is 32.1. The van der Waals surface area contributed by atoms with Gasteiger partial charge in [0.25, 0.3) is 5.56 Å². The Morgan fingerprint density at radius 2 is 1.86 bits per heavy atom. The average Bonchev–Trinajstić information content (AvgIpc) is 3.18. The number of amides is 1. The molecule has 1 amide bonds. The largest absolute Gasteiger partial charge is 0.350 e. The fourth-order valence-electron chi connectivity index (χ4n) is 2.91. The summed E-state index contributed by atoms with van der Waals surface area (Å²) in [6, 6.07) is 15.5. The van der Waals surface area contributed by atoms with Gasteiger partial charge >= 0.3 is 0 Å². The van der Waals surface area contributed by atoms with Crippen molar-refractivity contribution in [2.45, 2.75) is 20.0 Å². The molecule has 0 spiro atoms. The van der Waals surface area contributed by atoms with E-state index in [4.69, 9.17) is 0 Å². The molecule has 29 heavy (non-hydrogen) atoms. The minimum Gasteiger partial charge on any atom is -0.350 e. The molecule has 2 heterocycles. The second kappa shape index (κ2) is 7.92. The number of nitrogens with zero attached hydrogens (tertiary/aromatic N) is 3. The first-order valence-electron chi connectivity index (χ1n) is 8.96. The number of rotatable bonds is 5. The summed E-state index contributed by atoms with van der Waals surface area (Å²) >= 11 is 1.41. The number of benzene rings is 2. The Kier molecular flexibility index (Phi) is 5.18. The first-order valence-corrected chi connectivity index (χ1v) is 9.78. The van der Waals surface area contributed by atoms with Crippen LogP contribution in [0.15, 0.2) is 59.4 Å². The van der Waals surface area contributed by atoms with Crippen molar-refractivity contribution < 1.29 is 9.18 Å². The summed E-state index contributed by atoms with van der Waals surface area (Å²) in [5, 5.41) is 7.73. The van der Waals surface area contributed by atoms with Crippen LogP contribution in [-0.2, 0) is 17.9 Å². The summed E-state index contributed by atoms with van der Waals surface area (Å²) in [5.41, 5.74) is 2.24. The molecule has 0 aliphatic rings. The van der Waals surface area contributed by atoms with Crippen molar-refractivity contribution in [2.24, 2.45) is 0 Å². The second-order valence-electron chi connectivity index (χ2n) is 6.51. The highest BCUT2D eigenvalue weighted by Gasteiger charge is 2.16. The number of aromatic nitrogens is 3. The van der Waals surface area contributed by atoms with E-state index in [0.29, 0.717) is 11.2 Å². The lowest BCUT2D eigenvalue weighted by Crippen LogP contribution is -2.33. The molecule has 4 aromatic rings. The summed E-state index contributed by atoms with van der Waals surface area (Å²) in [6.45, 7) is 1.82. The van der Waals surface area contributed by atoms with Crippen LogP contribution in [0.3, 0.4) is 0 Å². The Balaban J connectivity index is 1.56. The van der Waals surface area contributed by atoms with E-state index < -0.39 is 5.56 Å². The maximum absolute atomic E-state index is 13.0. The molecule has 2 aromatic carbocycles. The summed E-state index contributed by atoms with van der Waals surface area (Å²) in [5.74, 6) is -0.695. The Labute approximate surface area is 169 Å². The van der Waals surface area contributed by atoms with Gasteiger partial charge in [0.15, 0.2) is 5.52 Å². The fourth-order valence-corrected chi connectivity index (χ4v) is 3.91. The third-order valence-corrected chi connectivity index (χ3v) is 5.59. The van der Waals surface area contributed by atoms with Crippen molar-refractivity contribution >= 4 is 27.5 Å². The number of halogens is 1. The van der Waals surface area contributed by atoms with Gasteiger partial charge in [-0.1, -0.05) is 42.5 Å². The number of nitrogens with one attached hydrogen (secondary N) is 1. The number of fused-ring (bicyclic) bond motifs is 1. The van der Waals surface area contributed by atoms with E-state index >= 15 is 0 Å². The molecule has 2 aromatic heterocycles. The molecule has 8 heteroatoms. The first-order chi connectivity index (χ1) is 14.0. The molecule has 0 atom stereocenters. The normalized spacial score (nSPS) is 11.0. The van der Waals surface area contributed by atoms with Gasteiger partial charge in [0.1, 0.15) is 17.4 Å². The molecule has 0 radical (unpaired) electrons. The SMILES string of the molecule is Cc1nn(CC(=O)NCc2ccc(F)cc2)c(=O)c2nc(-c3ccccc3)sc12. The molecule has 0 bridgehead atoms. The molecular weight excluding hydrogens is 391 g/mol. The van der Waals surface area contributed by atoms with Crippen molar-refractivity contribution in [2.75, 3.05) is 0 Å². The third-order valence-electron chi connectivity index (χ3n) is 4.38. The lowest BCUT2D eigenvalue weighted by atomic mass is 10.2. The quantitative estimate of drug-likeness (QED) is 0.550. The van der Waals surface area contributed by atoms with E-state index in [1.54, 1.807) is 19.1 Å². The lowest BCUT2D eigenvalue weighted by Gasteiger charge is -2.07. The molecular formula is C21H17FN4O2S. The Hall–Kier alpha value is -3.39. The van der Waals surface area contributed by atoms with Crippen LogP contribution in [0.4, 0.5) is 4.39 Å². The zero-order valence-corrected chi connectivity index (χ0v) is 16.4. The number of hydrogen-bond acceptors (Lipinski definition) is 5. The van der Waals surface area contributed by atoms with Crippen LogP contribution in [0, 0.1) is 12.7 Å². The molecule has 6 nitrogen and oxygen atoms in total. The van der Waals surface area contributed by atoms with E-state index in [0.717, 1.165) is 25.5 Å². The van der Waals surface area contributed by atoms with Crippen LogP contribution < -0.4 is 10.9 Å². The van der Waals surface area contributed by atoms with Gasteiger partial charge < -0.3 is 5.32 Å². The van der Waals surface area contributed by atoms with Gasteiger partial charge in [-0.05, 0) is 24.6 Å². The third kappa shape index (κ3) is 4.07.